The third-order valence-corrected chi connectivity index (χ3v) is 3.31. The quantitative estimate of drug-likeness (QED) is 0.107. The average Bonchev–Trinajstić information content (AvgIpc) is 2.54. The number of hydrogen-bond donors (Lipinski definition) is 7. The maximum atomic E-state index is 12.1. The van der Waals surface area contributed by atoms with E-state index in [1.807, 2.05) is 0 Å². The second-order valence-corrected chi connectivity index (χ2v) is 5.62. The maximum Gasteiger partial charge on any atom is 0.325 e. The number of amides is 2. The zero-order valence-corrected chi connectivity index (χ0v) is 14.5. The molecule has 12 nitrogen and oxygen atoms in total. The van der Waals surface area contributed by atoms with Crippen molar-refractivity contribution in [2.75, 3.05) is 6.54 Å². The van der Waals surface area contributed by atoms with Gasteiger partial charge in [-0.05, 0) is 26.2 Å². The lowest BCUT2D eigenvalue weighted by Crippen LogP contribution is -2.54. The summed E-state index contributed by atoms with van der Waals surface area (Å²) in [5, 5.41) is 22.1. The number of carbonyl (C=O) groups excluding carboxylic acids is 2. The average molecular weight is 374 g/mol. The van der Waals surface area contributed by atoms with Gasteiger partial charge >= 0.3 is 11.9 Å². The fourth-order valence-corrected chi connectivity index (χ4v) is 1.84. The summed E-state index contributed by atoms with van der Waals surface area (Å²) in [6, 6.07) is -3.37. The van der Waals surface area contributed by atoms with Gasteiger partial charge in [-0.2, -0.15) is 0 Å². The number of nitrogens with two attached hydrogens (primary N) is 3. The van der Waals surface area contributed by atoms with Crippen LogP contribution < -0.4 is 27.8 Å². The Bertz CT molecular complexity index is 548. The minimum Gasteiger partial charge on any atom is -0.481 e. The first-order valence-electron chi connectivity index (χ1n) is 7.91. The van der Waals surface area contributed by atoms with E-state index >= 15 is 0 Å². The van der Waals surface area contributed by atoms with Gasteiger partial charge in [0.2, 0.25) is 11.8 Å². The molecule has 26 heavy (non-hydrogen) atoms. The molecule has 0 aromatic heterocycles. The molecule has 0 fully saturated rings. The molecule has 2 amide bonds. The van der Waals surface area contributed by atoms with Crippen LogP contribution in [-0.4, -0.2) is 64.6 Å². The predicted molar refractivity (Wildman–Crippen MR) is 91.9 cm³/mol. The monoisotopic (exact) mass is 374 g/mol. The summed E-state index contributed by atoms with van der Waals surface area (Å²) in [6.45, 7) is 1.52. The summed E-state index contributed by atoms with van der Waals surface area (Å²) in [4.78, 5) is 49.4. The van der Waals surface area contributed by atoms with Gasteiger partial charge in [-0.3, -0.25) is 24.2 Å². The van der Waals surface area contributed by atoms with E-state index in [4.69, 9.17) is 27.4 Å². The lowest BCUT2D eigenvalue weighted by Gasteiger charge is -2.21. The van der Waals surface area contributed by atoms with E-state index in [-0.39, 0.29) is 31.8 Å². The fourth-order valence-electron chi connectivity index (χ4n) is 1.84. The summed E-state index contributed by atoms with van der Waals surface area (Å²) in [7, 11) is 0. The largest absolute Gasteiger partial charge is 0.481 e. The van der Waals surface area contributed by atoms with Crippen LogP contribution in [0.3, 0.4) is 0 Å². The number of carboxylic acid groups (broad SMARTS) is 2. The van der Waals surface area contributed by atoms with E-state index in [9.17, 15) is 19.2 Å². The molecule has 0 aliphatic carbocycles. The molecule has 0 radical (unpaired) electrons. The van der Waals surface area contributed by atoms with Gasteiger partial charge in [0, 0.05) is 13.0 Å². The van der Waals surface area contributed by atoms with E-state index < -0.39 is 41.9 Å². The molecule has 3 unspecified atom stereocenters. The third-order valence-electron chi connectivity index (χ3n) is 3.31. The summed E-state index contributed by atoms with van der Waals surface area (Å²) in [5.41, 5.74) is 16.1. The van der Waals surface area contributed by atoms with Crippen molar-refractivity contribution in [1.82, 2.24) is 10.6 Å². The van der Waals surface area contributed by atoms with Crippen molar-refractivity contribution in [3.8, 4) is 0 Å². The van der Waals surface area contributed by atoms with Crippen LogP contribution in [0.5, 0.6) is 0 Å². The Hall–Kier alpha value is -2.89. The molecule has 0 aliphatic rings. The lowest BCUT2D eigenvalue weighted by atomic mass is 10.1. The highest BCUT2D eigenvalue weighted by Gasteiger charge is 2.26. The molecule has 10 N–H and O–H groups in total. The van der Waals surface area contributed by atoms with Crippen LogP contribution in [0.4, 0.5) is 0 Å². The van der Waals surface area contributed by atoms with E-state index in [1.165, 1.54) is 6.92 Å². The zero-order valence-electron chi connectivity index (χ0n) is 14.5. The zero-order chi connectivity index (χ0) is 20.3. The highest BCUT2D eigenvalue weighted by atomic mass is 16.4. The van der Waals surface area contributed by atoms with E-state index in [0.29, 0.717) is 6.42 Å². The minimum absolute atomic E-state index is 0.0824. The van der Waals surface area contributed by atoms with Gasteiger partial charge < -0.3 is 38.0 Å². The normalized spacial score (nSPS) is 13.8. The predicted octanol–water partition coefficient (Wildman–Crippen LogP) is -2.69. The molecule has 3 atom stereocenters. The van der Waals surface area contributed by atoms with Crippen LogP contribution in [0.15, 0.2) is 4.99 Å². The molecule has 0 saturated heterocycles. The Balaban J connectivity index is 4.74. The Labute approximate surface area is 150 Å². The summed E-state index contributed by atoms with van der Waals surface area (Å²) >= 11 is 0. The number of nitrogens with one attached hydrogen (secondary N) is 2. The first kappa shape index (κ1) is 23.1. The Kier molecular flexibility index (Phi) is 10.3. The molecular formula is C14H26N6O6. The van der Waals surface area contributed by atoms with E-state index in [2.05, 4.69) is 15.6 Å². The van der Waals surface area contributed by atoms with Gasteiger partial charge in [-0.1, -0.05) is 0 Å². The second-order valence-electron chi connectivity index (χ2n) is 5.62. The van der Waals surface area contributed by atoms with Crippen molar-refractivity contribution in [1.29, 1.82) is 0 Å². The number of hydrogen-bond acceptors (Lipinski definition) is 6. The third kappa shape index (κ3) is 10.1. The molecule has 148 valence electrons. The van der Waals surface area contributed by atoms with Gasteiger partial charge in [-0.25, -0.2) is 0 Å². The standard InChI is InChI=1S/C14H26N6O6/c1-7(13(25)26)19-12(24)9(4-5-10(21)22)20-11(23)8(15)3-2-6-18-14(16)17/h7-9H,2-6,15H2,1H3,(H,19,24)(H,20,23)(H,21,22)(H,25,26)(H4,16,17,18). The fraction of sp³-hybridized carbons (Fsp3) is 0.643. The maximum absolute atomic E-state index is 12.1. The first-order valence-corrected chi connectivity index (χ1v) is 7.91. The van der Waals surface area contributed by atoms with Crippen LogP contribution in [0.25, 0.3) is 0 Å². The van der Waals surface area contributed by atoms with Crippen molar-refractivity contribution in [2.24, 2.45) is 22.2 Å². The van der Waals surface area contributed by atoms with Crippen molar-refractivity contribution in [3.05, 3.63) is 0 Å². The topological polar surface area (TPSA) is 223 Å². The number of rotatable bonds is 12. The SMILES string of the molecule is CC(NC(=O)C(CCC(=O)O)NC(=O)C(N)CCCN=C(N)N)C(=O)O. The van der Waals surface area contributed by atoms with Gasteiger partial charge in [0.25, 0.3) is 0 Å². The molecule has 0 aromatic carbocycles. The number of guanidine groups is 1. The molecule has 0 saturated carbocycles. The van der Waals surface area contributed by atoms with Gasteiger partial charge in [0.15, 0.2) is 5.96 Å². The summed E-state index contributed by atoms with van der Waals surface area (Å²) in [5.74, 6) is -3.98. The molecule has 0 spiro atoms. The van der Waals surface area contributed by atoms with Crippen LogP contribution in [0.2, 0.25) is 0 Å². The molecule has 0 aromatic rings. The van der Waals surface area contributed by atoms with Crippen molar-refractivity contribution in [3.63, 3.8) is 0 Å². The van der Waals surface area contributed by atoms with Crippen LogP contribution >= 0.6 is 0 Å². The summed E-state index contributed by atoms with van der Waals surface area (Å²) < 4.78 is 0. The van der Waals surface area contributed by atoms with Crippen LogP contribution in [0.1, 0.15) is 32.6 Å². The first-order chi connectivity index (χ1) is 12.0. The lowest BCUT2D eigenvalue weighted by molar-refractivity contribution is -0.142. The Morgan fingerprint density at radius 1 is 1.04 bits per heavy atom. The number of carboxylic acids is 2. The van der Waals surface area contributed by atoms with Crippen molar-refractivity contribution >= 4 is 29.7 Å². The van der Waals surface area contributed by atoms with Crippen LogP contribution in [0, 0.1) is 0 Å². The van der Waals surface area contributed by atoms with E-state index in [1.54, 1.807) is 0 Å². The summed E-state index contributed by atoms with van der Waals surface area (Å²) in [6.07, 6.45) is 0.0649. The molecule has 0 aliphatic heterocycles. The second kappa shape index (κ2) is 11.6. The smallest absolute Gasteiger partial charge is 0.325 e. The molecular weight excluding hydrogens is 348 g/mol. The minimum atomic E-state index is -1.27. The Morgan fingerprint density at radius 3 is 2.15 bits per heavy atom. The highest BCUT2D eigenvalue weighted by molar-refractivity contribution is 5.91. The van der Waals surface area contributed by atoms with Gasteiger partial charge in [-0.15, -0.1) is 0 Å². The van der Waals surface area contributed by atoms with E-state index in [0.717, 1.165) is 0 Å². The number of aliphatic imine (C=N–C) groups is 1. The molecule has 0 rings (SSSR count). The van der Waals surface area contributed by atoms with Crippen LogP contribution in [-0.2, 0) is 19.2 Å². The number of nitrogens with zero attached hydrogens (tertiary/aromatic N) is 1. The van der Waals surface area contributed by atoms with Gasteiger partial charge in [0.1, 0.15) is 12.1 Å². The highest BCUT2D eigenvalue weighted by Crippen LogP contribution is 2.02. The number of aliphatic carboxylic acids is 2. The Morgan fingerprint density at radius 2 is 1.65 bits per heavy atom. The molecule has 0 heterocycles. The number of carbonyl (C=O) groups is 4. The van der Waals surface area contributed by atoms with Crippen molar-refractivity contribution in [2.45, 2.75) is 50.7 Å². The molecule has 12 heteroatoms. The van der Waals surface area contributed by atoms with Crippen molar-refractivity contribution < 1.29 is 29.4 Å². The van der Waals surface area contributed by atoms with Gasteiger partial charge in [0.05, 0.1) is 6.04 Å². The molecule has 0 bridgehead atoms.